The highest BCUT2D eigenvalue weighted by molar-refractivity contribution is 7.12. The Morgan fingerprint density at radius 3 is 3.07 bits per heavy atom. The molecule has 0 aliphatic heterocycles. The molecule has 2 rings (SSSR count). The number of aromatic amines is 1. The van der Waals surface area contributed by atoms with Crippen molar-refractivity contribution in [2.45, 2.75) is 6.54 Å². The summed E-state index contributed by atoms with van der Waals surface area (Å²) in [7, 11) is 0. The van der Waals surface area contributed by atoms with Gasteiger partial charge in [0.1, 0.15) is 21.6 Å². The number of hydrogen-bond donors (Lipinski definition) is 2. The van der Waals surface area contributed by atoms with Crippen molar-refractivity contribution >= 4 is 11.3 Å². The van der Waals surface area contributed by atoms with Crippen molar-refractivity contribution in [1.82, 2.24) is 9.97 Å². The average molecular weight is 204 g/mol. The Morgan fingerprint density at radius 1 is 1.64 bits per heavy atom. The summed E-state index contributed by atoms with van der Waals surface area (Å²) in [4.78, 5) is 7.84. The van der Waals surface area contributed by atoms with Gasteiger partial charge in [0.05, 0.1) is 0 Å². The van der Waals surface area contributed by atoms with Gasteiger partial charge in [-0.1, -0.05) is 0 Å². The molecule has 0 fully saturated rings. The summed E-state index contributed by atoms with van der Waals surface area (Å²) in [5.41, 5.74) is 7.12. The number of rotatable bonds is 2. The molecule has 70 valence electrons. The summed E-state index contributed by atoms with van der Waals surface area (Å²) < 4.78 is 0. The number of hydrogen-bond acceptors (Lipinski definition) is 4. The lowest BCUT2D eigenvalue weighted by molar-refractivity contribution is 1.04. The van der Waals surface area contributed by atoms with Crippen molar-refractivity contribution in [3.05, 3.63) is 28.3 Å². The first kappa shape index (κ1) is 8.94. The highest BCUT2D eigenvalue weighted by Gasteiger charge is 2.11. The van der Waals surface area contributed by atoms with E-state index in [0.717, 1.165) is 16.3 Å². The van der Waals surface area contributed by atoms with Crippen LogP contribution < -0.4 is 5.73 Å². The maximum Gasteiger partial charge on any atom is 0.132 e. The second-order valence-corrected chi connectivity index (χ2v) is 3.78. The van der Waals surface area contributed by atoms with Gasteiger partial charge >= 0.3 is 0 Å². The van der Waals surface area contributed by atoms with E-state index in [9.17, 15) is 0 Å². The average Bonchev–Trinajstić information content (AvgIpc) is 2.85. The third kappa shape index (κ3) is 1.41. The molecule has 0 saturated carbocycles. The molecular weight excluding hydrogens is 196 g/mol. The molecule has 2 aromatic rings. The molecule has 0 saturated heterocycles. The van der Waals surface area contributed by atoms with E-state index < -0.39 is 0 Å². The lowest BCUT2D eigenvalue weighted by Gasteiger charge is -1.89. The van der Waals surface area contributed by atoms with Crippen LogP contribution in [0.25, 0.3) is 11.3 Å². The highest BCUT2D eigenvalue weighted by atomic mass is 32.1. The number of H-pyrrole nitrogens is 1. The van der Waals surface area contributed by atoms with Crippen LogP contribution in [0.4, 0.5) is 0 Å². The summed E-state index contributed by atoms with van der Waals surface area (Å²) in [5, 5.41) is 9.69. The largest absolute Gasteiger partial charge is 0.367 e. The zero-order valence-electron chi connectivity index (χ0n) is 7.32. The maximum absolute atomic E-state index is 8.90. The molecule has 3 N–H and O–H groups in total. The molecule has 0 aliphatic carbocycles. The molecule has 2 heterocycles. The van der Waals surface area contributed by atoms with Crippen molar-refractivity contribution in [2.24, 2.45) is 5.73 Å². The fraction of sp³-hybridized carbons (Fsp3) is 0.111. The Balaban J connectivity index is 2.53. The van der Waals surface area contributed by atoms with Crippen LogP contribution >= 0.6 is 11.3 Å². The van der Waals surface area contributed by atoms with Crippen LogP contribution in [0.2, 0.25) is 0 Å². The standard InChI is InChI=1S/C9H8N4S/c10-3-7-9(6-1-2-12-5-6)13-8(4-11)14-7/h1-2,5,12H,4,11H2. The first-order chi connectivity index (χ1) is 6.85. The van der Waals surface area contributed by atoms with E-state index in [-0.39, 0.29) is 0 Å². The lowest BCUT2D eigenvalue weighted by Crippen LogP contribution is -1.94. The molecule has 4 nitrogen and oxygen atoms in total. The zero-order chi connectivity index (χ0) is 9.97. The summed E-state index contributed by atoms with van der Waals surface area (Å²) in [6.45, 7) is 0.379. The third-order valence-electron chi connectivity index (χ3n) is 1.82. The van der Waals surface area contributed by atoms with E-state index in [1.807, 2.05) is 12.3 Å². The van der Waals surface area contributed by atoms with Gasteiger partial charge in [0, 0.05) is 24.5 Å². The molecule has 0 radical (unpaired) electrons. The molecule has 2 aromatic heterocycles. The second kappa shape index (κ2) is 3.62. The van der Waals surface area contributed by atoms with E-state index in [2.05, 4.69) is 16.0 Å². The van der Waals surface area contributed by atoms with Crippen molar-refractivity contribution in [3.63, 3.8) is 0 Å². The van der Waals surface area contributed by atoms with Gasteiger partial charge < -0.3 is 10.7 Å². The zero-order valence-corrected chi connectivity index (χ0v) is 8.14. The van der Waals surface area contributed by atoms with Gasteiger partial charge in [-0.25, -0.2) is 4.98 Å². The summed E-state index contributed by atoms with van der Waals surface area (Å²) in [6, 6.07) is 4.01. The normalized spacial score (nSPS) is 10.0. The van der Waals surface area contributed by atoms with Gasteiger partial charge in [0.2, 0.25) is 0 Å². The Hall–Kier alpha value is -1.64. The van der Waals surface area contributed by atoms with Gasteiger partial charge in [0.25, 0.3) is 0 Å². The van der Waals surface area contributed by atoms with Crippen molar-refractivity contribution in [3.8, 4) is 17.3 Å². The van der Waals surface area contributed by atoms with Gasteiger partial charge in [-0.3, -0.25) is 0 Å². The summed E-state index contributed by atoms with van der Waals surface area (Å²) in [5.74, 6) is 0. The molecule has 0 aliphatic rings. The minimum atomic E-state index is 0.379. The van der Waals surface area contributed by atoms with E-state index in [4.69, 9.17) is 11.0 Å². The molecule has 0 spiro atoms. The second-order valence-electron chi connectivity index (χ2n) is 2.70. The molecule has 14 heavy (non-hydrogen) atoms. The molecule has 0 atom stereocenters. The van der Waals surface area contributed by atoms with Crippen molar-refractivity contribution in [1.29, 1.82) is 5.26 Å². The molecule has 0 amide bonds. The molecule has 0 unspecified atom stereocenters. The van der Waals surface area contributed by atoms with Gasteiger partial charge in [-0.15, -0.1) is 11.3 Å². The summed E-state index contributed by atoms with van der Waals surface area (Å²) >= 11 is 1.35. The topological polar surface area (TPSA) is 78.5 Å². The van der Waals surface area contributed by atoms with Gasteiger partial charge in [0.15, 0.2) is 0 Å². The van der Waals surface area contributed by atoms with Crippen LogP contribution in [0.1, 0.15) is 9.88 Å². The van der Waals surface area contributed by atoms with E-state index in [0.29, 0.717) is 11.4 Å². The SMILES string of the molecule is N#Cc1sc(CN)nc1-c1cc[nH]c1. The Morgan fingerprint density at radius 2 is 2.50 bits per heavy atom. The quantitative estimate of drug-likeness (QED) is 0.777. The third-order valence-corrected chi connectivity index (χ3v) is 2.80. The summed E-state index contributed by atoms with van der Waals surface area (Å²) in [6.07, 6.45) is 3.62. The van der Waals surface area contributed by atoms with Crippen molar-refractivity contribution in [2.75, 3.05) is 0 Å². The van der Waals surface area contributed by atoms with Gasteiger partial charge in [-0.2, -0.15) is 5.26 Å². The molecular formula is C9H8N4S. The predicted molar refractivity (Wildman–Crippen MR) is 54.5 cm³/mol. The fourth-order valence-corrected chi connectivity index (χ4v) is 1.96. The van der Waals surface area contributed by atoms with E-state index in [1.54, 1.807) is 6.20 Å². The molecule has 5 heteroatoms. The first-order valence-corrected chi connectivity index (χ1v) is 4.90. The van der Waals surface area contributed by atoms with Crippen LogP contribution in [0.3, 0.4) is 0 Å². The van der Waals surface area contributed by atoms with E-state index in [1.165, 1.54) is 11.3 Å². The Kier molecular flexibility index (Phi) is 2.31. The van der Waals surface area contributed by atoms with Crippen LogP contribution in [0.5, 0.6) is 0 Å². The van der Waals surface area contributed by atoms with Crippen molar-refractivity contribution < 1.29 is 0 Å². The number of nitrogens with two attached hydrogens (primary N) is 1. The monoisotopic (exact) mass is 204 g/mol. The minimum Gasteiger partial charge on any atom is -0.367 e. The van der Waals surface area contributed by atoms with Crippen LogP contribution in [-0.2, 0) is 6.54 Å². The van der Waals surface area contributed by atoms with Crippen LogP contribution in [0, 0.1) is 11.3 Å². The number of nitrogens with zero attached hydrogens (tertiary/aromatic N) is 2. The number of thiazole rings is 1. The smallest absolute Gasteiger partial charge is 0.132 e. The van der Waals surface area contributed by atoms with Crippen LogP contribution in [0.15, 0.2) is 18.5 Å². The number of nitriles is 1. The van der Waals surface area contributed by atoms with Gasteiger partial charge in [-0.05, 0) is 6.07 Å². The maximum atomic E-state index is 8.90. The predicted octanol–water partition coefficient (Wildman–Crippen LogP) is 1.47. The number of aromatic nitrogens is 2. The fourth-order valence-electron chi connectivity index (χ4n) is 1.19. The Bertz CT molecular complexity index is 463. The minimum absolute atomic E-state index is 0.379. The lowest BCUT2D eigenvalue weighted by atomic mass is 10.2. The molecule has 0 aromatic carbocycles. The highest BCUT2D eigenvalue weighted by Crippen LogP contribution is 2.26. The first-order valence-electron chi connectivity index (χ1n) is 4.08. The number of nitrogens with one attached hydrogen (secondary N) is 1. The Labute approximate surface area is 85.0 Å². The van der Waals surface area contributed by atoms with E-state index >= 15 is 0 Å². The molecule has 0 bridgehead atoms. The van der Waals surface area contributed by atoms with Crippen LogP contribution in [-0.4, -0.2) is 9.97 Å².